The van der Waals surface area contributed by atoms with Gasteiger partial charge in [0.2, 0.25) is 0 Å². The van der Waals surface area contributed by atoms with Crippen LogP contribution in [0.2, 0.25) is 5.02 Å². The molecule has 1 aromatic carbocycles. The van der Waals surface area contributed by atoms with E-state index in [1.54, 1.807) is 25.1 Å². The van der Waals surface area contributed by atoms with Crippen LogP contribution in [0.3, 0.4) is 0 Å². The largest absolute Gasteiger partial charge is 0.488 e. The summed E-state index contributed by atoms with van der Waals surface area (Å²) in [6.45, 7) is 4.35. The van der Waals surface area contributed by atoms with Crippen molar-refractivity contribution in [2.75, 3.05) is 13.2 Å². The molecule has 30 heavy (non-hydrogen) atoms. The summed E-state index contributed by atoms with van der Waals surface area (Å²) in [6, 6.07) is 5.24. The monoisotopic (exact) mass is 556 g/mol. The Kier molecular flexibility index (Phi) is 9.70. The summed E-state index contributed by atoms with van der Waals surface area (Å²) in [5, 5.41) is 9.63. The van der Waals surface area contributed by atoms with Crippen molar-refractivity contribution in [3.63, 3.8) is 0 Å². The Labute approximate surface area is 199 Å². The number of ether oxygens (including phenoxy) is 2. The molecule has 0 aliphatic heterocycles. The second kappa shape index (κ2) is 11.8. The van der Waals surface area contributed by atoms with Crippen molar-refractivity contribution in [3.05, 3.63) is 63.1 Å². The lowest BCUT2D eigenvalue weighted by molar-refractivity contribution is -0.149. The standard InChI is InChI=1S/C23H23Br2ClO4/c1-3-29-21(22(27)28)14-17-6-7-20(19(26)13-17)30-12-9-16(2)8-11-23(25)10-4-5-18(24)15-23/h4-7,9-10,13,21H,3,12,14-15H2,1-2H3,(H,27,28)/b16-9+/t21-,23?/m0/s1. The highest BCUT2D eigenvalue weighted by molar-refractivity contribution is 9.12. The third-order valence-corrected chi connectivity index (χ3v) is 5.80. The highest BCUT2D eigenvalue weighted by Gasteiger charge is 2.23. The van der Waals surface area contributed by atoms with E-state index in [9.17, 15) is 9.90 Å². The fourth-order valence-corrected chi connectivity index (χ4v) is 4.47. The lowest BCUT2D eigenvalue weighted by Gasteiger charge is -2.19. The van der Waals surface area contributed by atoms with Crippen molar-refractivity contribution in [2.45, 2.75) is 37.1 Å². The van der Waals surface area contributed by atoms with Crippen LogP contribution in [0.15, 0.2) is 52.6 Å². The average Bonchev–Trinajstić information content (AvgIpc) is 2.67. The van der Waals surface area contributed by atoms with Crippen LogP contribution in [-0.4, -0.2) is 34.7 Å². The van der Waals surface area contributed by atoms with Crippen molar-refractivity contribution >= 4 is 49.4 Å². The minimum Gasteiger partial charge on any atom is -0.488 e. The number of halogens is 3. The summed E-state index contributed by atoms with van der Waals surface area (Å²) in [7, 11) is 0. The highest BCUT2D eigenvalue weighted by atomic mass is 79.9. The van der Waals surface area contributed by atoms with Crippen molar-refractivity contribution in [2.24, 2.45) is 0 Å². The molecule has 0 heterocycles. The van der Waals surface area contributed by atoms with Crippen LogP contribution in [0.5, 0.6) is 5.75 Å². The number of hydrogen-bond donors (Lipinski definition) is 1. The molecule has 2 atom stereocenters. The maximum absolute atomic E-state index is 11.2. The van der Waals surface area contributed by atoms with E-state index < -0.39 is 12.1 Å². The van der Waals surface area contributed by atoms with E-state index in [0.717, 1.165) is 22.0 Å². The molecule has 0 radical (unpaired) electrons. The molecule has 1 N–H and O–H groups in total. The number of rotatable bonds is 8. The van der Waals surface area contributed by atoms with Gasteiger partial charge in [-0.2, -0.15) is 0 Å². The van der Waals surface area contributed by atoms with Gasteiger partial charge in [-0.1, -0.05) is 79.6 Å². The molecule has 2 rings (SSSR count). The molecule has 160 valence electrons. The van der Waals surface area contributed by atoms with Crippen molar-refractivity contribution < 1.29 is 19.4 Å². The van der Waals surface area contributed by atoms with Crippen LogP contribution in [0.4, 0.5) is 0 Å². The summed E-state index contributed by atoms with van der Waals surface area (Å²) in [5.74, 6) is 5.92. The third-order valence-electron chi connectivity index (χ3n) is 4.22. The molecule has 0 bridgehead atoms. The maximum atomic E-state index is 11.2. The molecule has 0 aromatic heterocycles. The smallest absolute Gasteiger partial charge is 0.333 e. The summed E-state index contributed by atoms with van der Waals surface area (Å²) in [4.78, 5) is 11.2. The zero-order valence-corrected chi connectivity index (χ0v) is 20.7. The lowest BCUT2D eigenvalue weighted by atomic mass is 10.0. The second-order valence-corrected chi connectivity index (χ2v) is 9.55. The molecule has 0 fully saturated rings. The lowest BCUT2D eigenvalue weighted by Crippen LogP contribution is -2.26. The Bertz CT molecular complexity index is 927. The van der Waals surface area contributed by atoms with Gasteiger partial charge in [0.05, 0.1) is 5.02 Å². The molecular weight excluding hydrogens is 536 g/mol. The van der Waals surface area contributed by atoms with Crippen LogP contribution in [0, 0.1) is 11.8 Å². The SMILES string of the molecule is CCO[C@@H](Cc1ccc(OC/C=C(\C)C#CC2(Br)C=CC=C(Br)C2)c(Cl)c1)C(=O)O. The number of alkyl halides is 1. The summed E-state index contributed by atoms with van der Waals surface area (Å²) in [5.41, 5.74) is 1.66. The molecule has 4 nitrogen and oxygen atoms in total. The molecular formula is C23H23Br2ClO4. The van der Waals surface area contributed by atoms with E-state index in [4.69, 9.17) is 21.1 Å². The van der Waals surface area contributed by atoms with Gasteiger partial charge in [0.25, 0.3) is 0 Å². The third kappa shape index (κ3) is 7.96. The van der Waals surface area contributed by atoms with E-state index in [1.807, 2.05) is 31.2 Å². The van der Waals surface area contributed by atoms with Crippen molar-refractivity contribution in [1.29, 1.82) is 0 Å². The summed E-state index contributed by atoms with van der Waals surface area (Å²) >= 11 is 13.5. The van der Waals surface area contributed by atoms with Crippen molar-refractivity contribution in [3.8, 4) is 17.6 Å². The first kappa shape index (κ1) is 24.7. The number of carboxylic acids is 1. The van der Waals surface area contributed by atoms with Gasteiger partial charge in [-0.3, -0.25) is 0 Å². The van der Waals surface area contributed by atoms with Crippen LogP contribution < -0.4 is 4.74 Å². The van der Waals surface area contributed by atoms with Gasteiger partial charge < -0.3 is 14.6 Å². The topological polar surface area (TPSA) is 55.8 Å². The Morgan fingerprint density at radius 3 is 2.87 bits per heavy atom. The van der Waals surface area contributed by atoms with Gasteiger partial charge >= 0.3 is 5.97 Å². The Morgan fingerprint density at radius 1 is 1.47 bits per heavy atom. The second-order valence-electron chi connectivity index (χ2n) is 6.71. The van der Waals surface area contributed by atoms with Crippen LogP contribution in [-0.2, 0) is 16.0 Å². The first-order chi connectivity index (χ1) is 14.2. The quantitative estimate of drug-likeness (QED) is 0.311. The van der Waals surface area contributed by atoms with Gasteiger partial charge in [0.15, 0.2) is 6.10 Å². The van der Waals surface area contributed by atoms with Gasteiger partial charge in [-0.15, -0.1) is 0 Å². The average molecular weight is 559 g/mol. The fourth-order valence-electron chi connectivity index (χ4n) is 2.69. The minimum absolute atomic E-state index is 0.242. The van der Waals surface area contributed by atoms with E-state index in [-0.39, 0.29) is 10.7 Å². The number of hydrogen-bond acceptors (Lipinski definition) is 3. The van der Waals surface area contributed by atoms with Crippen molar-refractivity contribution in [1.82, 2.24) is 0 Å². The molecule has 0 saturated heterocycles. The highest BCUT2D eigenvalue weighted by Crippen LogP contribution is 2.33. The van der Waals surface area contributed by atoms with Gasteiger partial charge in [0, 0.05) is 19.4 Å². The minimum atomic E-state index is -0.993. The Hall–Kier alpha value is -1.52. The Balaban J connectivity index is 1.95. The normalized spacial score (nSPS) is 19.5. The molecule has 1 aliphatic carbocycles. The predicted molar refractivity (Wildman–Crippen MR) is 128 cm³/mol. The first-order valence-corrected chi connectivity index (χ1v) is 11.4. The van der Waals surface area contributed by atoms with Crippen LogP contribution >= 0.6 is 43.5 Å². The zero-order chi connectivity index (χ0) is 22.1. The number of aliphatic carboxylic acids is 1. The number of carbonyl (C=O) groups is 1. The van der Waals surface area contributed by atoms with Gasteiger partial charge in [-0.25, -0.2) is 4.79 Å². The molecule has 1 unspecified atom stereocenters. The summed E-state index contributed by atoms with van der Waals surface area (Å²) < 4.78 is 11.7. The maximum Gasteiger partial charge on any atom is 0.333 e. The molecule has 0 saturated carbocycles. The Morgan fingerprint density at radius 2 is 2.23 bits per heavy atom. The number of benzene rings is 1. The van der Waals surface area contributed by atoms with Crippen LogP contribution in [0.1, 0.15) is 25.8 Å². The van der Waals surface area contributed by atoms with E-state index in [0.29, 0.717) is 24.0 Å². The number of allylic oxidation sites excluding steroid dienone is 5. The van der Waals surface area contributed by atoms with E-state index in [2.05, 4.69) is 43.7 Å². The molecule has 7 heteroatoms. The number of carboxylic acid groups (broad SMARTS) is 1. The molecule has 1 aromatic rings. The fraction of sp³-hybridized carbons (Fsp3) is 0.348. The molecule has 0 amide bonds. The zero-order valence-electron chi connectivity index (χ0n) is 16.8. The molecule has 1 aliphatic rings. The van der Waals surface area contributed by atoms with E-state index >= 15 is 0 Å². The van der Waals surface area contributed by atoms with Gasteiger partial charge in [0.1, 0.15) is 16.7 Å². The van der Waals surface area contributed by atoms with Crippen LogP contribution in [0.25, 0.3) is 0 Å². The molecule has 0 spiro atoms. The van der Waals surface area contributed by atoms with Gasteiger partial charge in [-0.05, 0) is 47.7 Å². The summed E-state index contributed by atoms with van der Waals surface area (Å²) in [6.07, 6.45) is 8.01. The predicted octanol–water partition coefficient (Wildman–Crippen LogP) is 6.07. The van der Waals surface area contributed by atoms with E-state index in [1.165, 1.54) is 0 Å². The first-order valence-electron chi connectivity index (χ1n) is 9.41.